The van der Waals surface area contributed by atoms with Gasteiger partial charge in [-0.15, -0.1) is 0 Å². The van der Waals surface area contributed by atoms with E-state index in [2.05, 4.69) is 0 Å². The Morgan fingerprint density at radius 3 is 1.16 bits per heavy atom. The number of carbonyl (C=O) groups excluding carboxylic acids is 4. The number of amides is 4. The predicted octanol–water partition coefficient (Wildman–Crippen LogP) is 4.17. The molecule has 4 saturated heterocycles. The molecule has 0 unspecified atom stereocenters. The van der Waals surface area contributed by atoms with Gasteiger partial charge in [-0.05, 0) is 48.5 Å². The highest BCUT2D eigenvalue weighted by Gasteiger charge is 2.74. The molecule has 4 aromatic rings. The lowest BCUT2D eigenvalue weighted by Crippen LogP contribution is -2.50. The van der Waals surface area contributed by atoms with Crippen molar-refractivity contribution in [3.63, 3.8) is 0 Å². The minimum atomic E-state index is -1.06. The second-order valence-corrected chi connectivity index (χ2v) is 12.5. The first-order valence-electron chi connectivity index (χ1n) is 16.2. The number of hydrogen-bond donors (Lipinski definition) is 0. The lowest BCUT2D eigenvalue weighted by molar-refractivity contribution is -0.136. The van der Waals surface area contributed by atoms with Crippen molar-refractivity contribution in [2.45, 2.75) is 24.2 Å². The van der Waals surface area contributed by atoms with E-state index in [0.29, 0.717) is 45.5 Å². The number of carbonyl (C=O) groups is 4. The molecule has 4 fully saturated rings. The highest BCUT2D eigenvalue weighted by molar-refractivity contribution is 6.26. The summed E-state index contributed by atoms with van der Waals surface area (Å²) in [4.78, 5) is 61.3. The third-order valence-electron chi connectivity index (χ3n) is 10.3. The molecule has 0 saturated carbocycles. The van der Waals surface area contributed by atoms with Crippen molar-refractivity contribution in [2.24, 2.45) is 11.8 Å². The molecule has 12 heteroatoms. The van der Waals surface area contributed by atoms with Crippen LogP contribution in [0.1, 0.15) is 23.2 Å². The van der Waals surface area contributed by atoms with Crippen LogP contribution < -0.4 is 28.7 Å². The summed E-state index contributed by atoms with van der Waals surface area (Å²) in [6, 6.07) is 24.2. The maximum absolute atomic E-state index is 14.7. The number of anilines is 2. The van der Waals surface area contributed by atoms with Gasteiger partial charge >= 0.3 is 0 Å². The second kappa shape index (κ2) is 12.0. The van der Waals surface area contributed by atoms with Gasteiger partial charge in [0.1, 0.15) is 35.1 Å². The van der Waals surface area contributed by atoms with Gasteiger partial charge in [0.25, 0.3) is 11.8 Å². The predicted molar refractivity (Wildman–Crippen MR) is 181 cm³/mol. The van der Waals surface area contributed by atoms with Crippen molar-refractivity contribution in [3.8, 4) is 23.0 Å². The number of ether oxygens (including phenoxy) is 4. The summed E-state index contributed by atoms with van der Waals surface area (Å²) in [5, 5.41) is 3.58. The molecule has 12 nitrogen and oxygen atoms in total. The van der Waals surface area contributed by atoms with Gasteiger partial charge in [0.2, 0.25) is 11.8 Å². The molecular weight excluding hydrogens is 640 g/mol. The second-order valence-electron chi connectivity index (χ2n) is 12.5. The standard InChI is InChI=1S/C38H34N4O8/c1-47-23-15-17-25(27(19-23)49-3)31-29-33(37(45)39(35(29)43)21-11-7-5-8-12-21)42-32(26-18-16-24(48-2)20-28(26)50-4)30-34(41(31)42)38(46)40(36(30)44)22-13-9-6-10-14-22/h5-20,29-34H,1-4H3/t29-,30+,31-,32-,33+,34-/m1/s1. The first kappa shape index (κ1) is 31.5. The molecule has 50 heavy (non-hydrogen) atoms. The van der Waals surface area contributed by atoms with Crippen LogP contribution >= 0.6 is 0 Å². The van der Waals surface area contributed by atoms with E-state index in [-0.39, 0.29) is 0 Å². The highest BCUT2D eigenvalue weighted by atomic mass is 16.5. The van der Waals surface area contributed by atoms with E-state index < -0.39 is 59.6 Å². The zero-order valence-electron chi connectivity index (χ0n) is 27.8. The summed E-state index contributed by atoms with van der Waals surface area (Å²) in [6.07, 6.45) is 0. The van der Waals surface area contributed by atoms with Crippen LogP contribution in [-0.2, 0) is 19.2 Å². The molecule has 0 aromatic heterocycles. The molecule has 0 N–H and O–H groups in total. The summed E-state index contributed by atoms with van der Waals surface area (Å²) < 4.78 is 22.7. The fourth-order valence-electron chi connectivity index (χ4n) is 8.24. The van der Waals surface area contributed by atoms with E-state index in [0.717, 1.165) is 0 Å². The fraction of sp³-hybridized carbons (Fsp3) is 0.263. The lowest BCUT2D eigenvalue weighted by Gasteiger charge is -2.36. The zero-order valence-corrected chi connectivity index (χ0v) is 27.8. The summed E-state index contributed by atoms with van der Waals surface area (Å²) in [7, 11) is 6.11. The Hall–Kier alpha value is -5.72. The highest BCUT2D eigenvalue weighted by Crippen LogP contribution is 2.61. The molecule has 0 bridgehead atoms. The van der Waals surface area contributed by atoms with Crippen molar-refractivity contribution in [1.29, 1.82) is 0 Å². The summed E-state index contributed by atoms with van der Waals surface area (Å²) >= 11 is 0. The lowest BCUT2D eigenvalue weighted by atomic mass is 9.83. The monoisotopic (exact) mass is 674 g/mol. The van der Waals surface area contributed by atoms with Gasteiger partial charge in [0, 0.05) is 23.3 Å². The van der Waals surface area contributed by atoms with E-state index in [1.165, 1.54) is 38.2 Å². The van der Waals surface area contributed by atoms with Crippen LogP contribution in [0.25, 0.3) is 0 Å². The van der Waals surface area contributed by atoms with E-state index >= 15 is 0 Å². The molecule has 4 heterocycles. The van der Waals surface area contributed by atoms with E-state index in [1.807, 2.05) is 12.1 Å². The van der Waals surface area contributed by atoms with Gasteiger partial charge < -0.3 is 18.9 Å². The third-order valence-corrected chi connectivity index (χ3v) is 10.3. The molecule has 0 spiro atoms. The number of rotatable bonds is 8. The molecule has 254 valence electrons. The zero-order chi connectivity index (χ0) is 34.8. The summed E-state index contributed by atoms with van der Waals surface area (Å²) in [5.41, 5.74) is 2.01. The van der Waals surface area contributed by atoms with Crippen molar-refractivity contribution in [3.05, 3.63) is 108 Å². The first-order chi connectivity index (χ1) is 24.3. The van der Waals surface area contributed by atoms with Crippen LogP contribution in [0.2, 0.25) is 0 Å². The van der Waals surface area contributed by atoms with Crippen LogP contribution in [0.3, 0.4) is 0 Å². The molecule has 0 radical (unpaired) electrons. The molecule has 8 rings (SSSR count). The molecule has 4 aromatic carbocycles. The number of nitrogens with zero attached hydrogens (tertiary/aromatic N) is 4. The largest absolute Gasteiger partial charge is 0.497 e. The number of imide groups is 2. The Morgan fingerprint density at radius 2 is 0.820 bits per heavy atom. The van der Waals surface area contributed by atoms with Gasteiger partial charge in [0.15, 0.2) is 0 Å². The Balaban J connectivity index is 1.38. The van der Waals surface area contributed by atoms with Crippen molar-refractivity contribution < 1.29 is 38.1 Å². The molecule has 0 aliphatic carbocycles. The third kappa shape index (κ3) is 4.38. The molecular formula is C38H34N4O8. The quantitative estimate of drug-likeness (QED) is 0.252. The Morgan fingerprint density at radius 1 is 0.440 bits per heavy atom. The van der Waals surface area contributed by atoms with Gasteiger partial charge in [-0.1, -0.05) is 36.4 Å². The number of benzene rings is 4. The number of hydrogen-bond acceptors (Lipinski definition) is 10. The van der Waals surface area contributed by atoms with Crippen molar-refractivity contribution in [1.82, 2.24) is 10.0 Å². The minimum absolute atomic E-state index is 0.409. The first-order valence-corrected chi connectivity index (χ1v) is 16.2. The maximum atomic E-state index is 14.7. The summed E-state index contributed by atoms with van der Waals surface area (Å²) in [5.74, 6) is -1.81. The van der Waals surface area contributed by atoms with Crippen molar-refractivity contribution >= 4 is 35.0 Å². The van der Waals surface area contributed by atoms with E-state index in [4.69, 9.17) is 18.9 Å². The topological polar surface area (TPSA) is 118 Å². The Kier molecular flexibility index (Phi) is 7.57. The molecule has 6 atom stereocenters. The van der Waals surface area contributed by atoms with Gasteiger partial charge in [0.05, 0.1) is 63.7 Å². The fourth-order valence-corrected chi connectivity index (χ4v) is 8.24. The van der Waals surface area contributed by atoms with Crippen LogP contribution in [0.4, 0.5) is 11.4 Å². The van der Waals surface area contributed by atoms with Crippen LogP contribution in [0.15, 0.2) is 97.1 Å². The normalized spacial score (nSPS) is 25.9. The van der Waals surface area contributed by atoms with E-state index in [9.17, 15) is 19.2 Å². The van der Waals surface area contributed by atoms with Crippen LogP contribution in [0.5, 0.6) is 23.0 Å². The molecule has 4 aliphatic rings. The maximum Gasteiger partial charge on any atom is 0.253 e. The van der Waals surface area contributed by atoms with Gasteiger partial charge in [-0.25, -0.2) is 19.8 Å². The minimum Gasteiger partial charge on any atom is -0.497 e. The van der Waals surface area contributed by atoms with Crippen molar-refractivity contribution in [2.75, 3.05) is 38.2 Å². The van der Waals surface area contributed by atoms with E-state index in [1.54, 1.807) is 94.9 Å². The van der Waals surface area contributed by atoms with Crippen LogP contribution in [0, 0.1) is 11.8 Å². The number of methoxy groups -OCH3 is 4. The average Bonchev–Trinajstić information content (AvgIpc) is 3.82. The summed E-state index contributed by atoms with van der Waals surface area (Å²) in [6.45, 7) is 0. The number of para-hydroxylation sites is 2. The van der Waals surface area contributed by atoms with Gasteiger partial charge in [-0.3, -0.25) is 19.2 Å². The Labute approximate surface area is 288 Å². The SMILES string of the molecule is COc1ccc([C@@H]2[C@@H]3C(=O)N(c4ccccc4)C(=O)[C@@H]3N3[C@H](c4ccc(OC)cc4OC)[C@H]4C(=O)N(c5ccccc5)C(=O)[C@H]4N23)c(OC)c1. The smallest absolute Gasteiger partial charge is 0.253 e. The van der Waals surface area contributed by atoms with Gasteiger partial charge in [-0.2, -0.15) is 0 Å². The average molecular weight is 675 g/mol. The Bertz CT molecular complexity index is 1880. The molecule has 4 aliphatic heterocycles. The number of fused-ring (bicyclic) bond motifs is 5. The number of hydrazine groups is 1. The molecule has 4 amide bonds. The van der Waals surface area contributed by atoms with Crippen LogP contribution in [-0.4, -0.2) is 74.2 Å².